The molecule has 1 amide bonds. The molecule has 8 nitrogen and oxygen atoms in total. The number of ketones is 1. The summed E-state index contributed by atoms with van der Waals surface area (Å²) < 4.78 is 10.9. The van der Waals surface area contributed by atoms with Crippen molar-refractivity contribution in [2.24, 2.45) is 0 Å². The van der Waals surface area contributed by atoms with E-state index >= 15 is 0 Å². The zero-order valence-corrected chi connectivity index (χ0v) is 20.2. The van der Waals surface area contributed by atoms with Crippen molar-refractivity contribution in [2.45, 2.75) is 32.4 Å². The van der Waals surface area contributed by atoms with Gasteiger partial charge < -0.3 is 29.5 Å². The van der Waals surface area contributed by atoms with Gasteiger partial charge in [-0.05, 0) is 70.7 Å². The second-order valence-corrected chi connectivity index (χ2v) is 8.77. The van der Waals surface area contributed by atoms with E-state index in [2.05, 4.69) is 0 Å². The topological polar surface area (TPSA) is 99.5 Å². The molecule has 34 heavy (non-hydrogen) atoms. The zero-order chi connectivity index (χ0) is 25.0. The van der Waals surface area contributed by atoms with E-state index in [1.54, 1.807) is 30.3 Å². The lowest BCUT2D eigenvalue weighted by Gasteiger charge is -2.26. The number of aliphatic hydroxyl groups excluding tert-OH is 1. The number of phenols is 1. The lowest BCUT2D eigenvalue weighted by molar-refractivity contribution is -0.139. The number of amides is 1. The minimum atomic E-state index is -0.820. The number of carbonyl (C=O) groups is 2. The number of hydrogen-bond acceptors (Lipinski definition) is 7. The third kappa shape index (κ3) is 5.34. The van der Waals surface area contributed by atoms with Crippen LogP contribution in [0.3, 0.4) is 0 Å². The van der Waals surface area contributed by atoms with Crippen molar-refractivity contribution in [1.29, 1.82) is 0 Å². The number of phenolic OH excluding ortho intramolecular Hbond substituents is 1. The van der Waals surface area contributed by atoms with E-state index in [4.69, 9.17) is 9.47 Å². The Morgan fingerprint density at radius 1 is 1.12 bits per heavy atom. The van der Waals surface area contributed by atoms with Crippen LogP contribution in [0.5, 0.6) is 17.2 Å². The summed E-state index contributed by atoms with van der Waals surface area (Å²) in [4.78, 5) is 29.7. The molecule has 1 heterocycles. The fraction of sp³-hybridized carbons (Fsp3) is 0.385. The van der Waals surface area contributed by atoms with Crippen molar-refractivity contribution in [1.82, 2.24) is 9.80 Å². The standard InChI is InChI=1S/C26H32N2O6/c1-16(2)34-19-9-6-8-17(14-19)23-22(24(30)20-11-10-18(33-5)15-21(20)29)25(31)26(32)28(23)13-7-12-27(3)4/h6,8-11,14-16,23,29-30H,7,12-13H2,1-5H3/t23-/m0/s1. The van der Waals surface area contributed by atoms with Crippen molar-refractivity contribution in [3.63, 3.8) is 0 Å². The van der Waals surface area contributed by atoms with Crippen LogP contribution in [0.25, 0.3) is 5.76 Å². The number of aromatic hydroxyl groups is 1. The van der Waals surface area contributed by atoms with Gasteiger partial charge in [-0.2, -0.15) is 0 Å². The second kappa shape index (κ2) is 10.6. The lowest BCUT2D eigenvalue weighted by Crippen LogP contribution is -2.32. The number of nitrogens with zero attached hydrogens (tertiary/aromatic N) is 2. The van der Waals surface area contributed by atoms with E-state index in [0.717, 1.165) is 6.54 Å². The average Bonchev–Trinajstić information content (AvgIpc) is 3.03. The number of hydrogen-bond donors (Lipinski definition) is 2. The van der Waals surface area contributed by atoms with Crippen molar-refractivity contribution >= 4 is 17.4 Å². The molecule has 1 fully saturated rings. The number of likely N-dealkylation sites (tertiary alicyclic amines) is 1. The third-order valence-corrected chi connectivity index (χ3v) is 5.55. The first-order valence-electron chi connectivity index (χ1n) is 11.2. The molecule has 0 unspecified atom stereocenters. The number of aliphatic hydroxyl groups is 1. The minimum absolute atomic E-state index is 0.0478. The van der Waals surface area contributed by atoms with Crippen LogP contribution in [0.2, 0.25) is 0 Å². The SMILES string of the molecule is COc1ccc(C(O)=C2C(=O)C(=O)N(CCCN(C)C)[C@H]2c2cccc(OC(C)C)c2)c(O)c1. The molecule has 2 aromatic carbocycles. The first kappa shape index (κ1) is 25.1. The minimum Gasteiger partial charge on any atom is -0.507 e. The quantitative estimate of drug-likeness (QED) is 0.330. The number of rotatable bonds is 9. The van der Waals surface area contributed by atoms with Gasteiger partial charge in [0.05, 0.1) is 30.4 Å². The third-order valence-electron chi connectivity index (χ3n) is 5.55. The van der Waals surface area contributed by atoms with Crippen LogP contribution in [-0.2, 0) is 9.59 Å². The Morgan fingerprint density at radius 3 is 2.47 bits per heavy atom. The largest absolute Gasteiger partial charge is 0.507 e. The molecule has 1 aliphatic rings. The van der Waals surface area contributed by atoms with Gasteiger partial charge in [0.25, 0.3) is 11.7 Å². The number of benzene rings is 2. The molecule has 3 rings (SSSR count). The monoisotopic (exact) mass is 468 g/mol. The molecule has 1 aliphatic heterocycles. The van der Waals surface area contributed by atoms with E-state index in [1.165, 1.54) is 24.1 Å². The highest BCUT2D eigenvalue weighted by molar-refractivity contribution is 6.46. The van der Waals surface area contributed by atoms with Gasteiger partial charge in [-0.15, -0.1) is 0 Å². The molecular weight excluding hydrogens is 436 g/mol. The van der Waals surface area contributed by atoms with Gasteiger partial charge in [-0.25, -0.2) is 0 Å². The Balaban J connectivity index is 2.13. The predicted molar refractivity (Wildman–Crippen MR) is 129 cm³/mol. The molecule has 0 radical (unpaired) electrons. The summed E-state index contributed by atoms with van der Waals surface area (Å²) in [6.07, 6.45) is 0.588. The lowest BCUT2D eigenvalue weighted by atomic mass is 9.94. The molecule has 0 bridgehead atoms. The van der Waals surface area contributed by atoms with Gasteiger partial charge in [0.15, 0.2) is 0 Å². The summed E-state index contributed by atoms with van der Waals surface area (Å²) >= 11 is 0. The molecule has 0 saturated carbocycles. The summed E-state index contributed by atoms with van der Waals surface area (Å²) in [5, 5.41) is 21.6. The highest BCUT2D eigenvalue weighted by Gasteiger charge is 2.46. The van der Waals surface area contributed by atoms with E-state index in [0.29, 0.717) is 30.0 Å². The van der Waals surface area contributed by atoms with Crippen LogP contribution in [0.1, 0.15) is 37.4 Å². The van der Waals surface area contributed by atoms with Crippen LogP contribution >= 0.6 is 0 Å². The van der Waals surface area contributed by atoms with Crippen LogP contribution in [-0.4, -0.2) is 72.1 Å². The predicted octanol–water partition coefficient (Wildman–Crippen LogP) is 3.56. The Hall–Kier alpha value is -3.52. The Labute approximate surface area is 200 Å². The van der Waals surface area contributed by atoms with Crippen LogP contribution in [0.4, 0.5) is 0 Å². The second-order valence-electron chi connectivity index (χ2n) is 8.77. The van der Waals surface area contributed by atoms with Gasteiger partial charge in [-0.3, -0.25) is 9.59 Å². The Bertz CT molecular complexity index is 1090. The van der Waals surface area contributed by atoms with E-state index in [1.807, 2.05) is 32.8 Å². The summed E-state index contributed by atoms with van der Waals surface area (Å²) in [6, 6.07) is 10.7. The number of carbonyl (C=O) groups excluding carboxylic acids is 2. The van der Waals surface area contributed by atoms with Crippen LogP contribution < -0.4 is 9.47 Å². The molecule has 2 aromatic rings. The maximum absolute atomic E-state index is 13.2. The summed E-state index contributed by atoms with van der Waals surface area (Å²) in [5.74, 6) is -1.18. The van der Waals surface area contributed by atoms with E-state index in [9.17, 15) is 19.8 Å². The molecule has 182 valence electrons. The van der Waals surface area contributed by atoms with Gasteiger partial charge in [0.2, 0.25) is 0 Å². The first-order chi connectivity index (χ1) is 16.1. The van der Waals surface area contributed by atoms with Crippen LogP contribution in [0, 0.1) is 0 Å². The molecule has 0 spiro atoms. The molecular formula is C26H32N2O6. The zero-order valence-electron chi connectivity index (χ0n) is 20.2. The van der Waals surface area contributed by atoms with E-state index < -0.39 is 23.5 Å². The van der Waals surface area contributed by atoms with E-state index in [-0.39, 0.29) is 23.0 Å². The fourth-order valence-electron chi connectivity index (χ4n) is 4.03. The highest BCUT2D eigenvalue weighted by atomic mass is 16.5. The number of methoxy groups -OCH3 is 1. The fourth-order valence-corrected chi connectivity index (χ4v) is 4.03. The van der Waals surface area contributed by atoms with Crippen molar-refractivity contribution in [3.8, 4) is 17.2 Å². The summed E-state index contributed by atoms with van der Waals surface area (Å²) in [7, 11) is 5.33. The molecule has 8 heteroatoms. The van der Waals surface area contributed by atoms with Crippen molar-refractivity contribution in [3.05, 3.63) is 59.2 Å². The van der Waals surface area contributed by atoms with Crippen LogP contribution in [0.15, 0.2) is 48.0 Å². The number of Topliss-reactive ketones (excluding diaryl/α,β-unsaturated/α-hetero) is 1. The highest BCUT2D eigenvalue weighted by Crippen LogP contribution is 2.42. The van der Waals surface area contributed by atoms with Gasteiger partial charge in [-0.1, -0.05) is 12.1 Å². The Morgan fingerprint density at radius 2 is 1.85 bits per heavy atom. The number of ether oxygens (including phenoxy) is 2. The normalized spacial score (nSPS) is 17.6. The maximum Gasteiger partial charge on any atom is 0.295 e. The summed E-state index contributed by atoms with van der Waals surface area (Å²) in [6.45, 7) is 4.87. The van der Waals surface area contributed by atoms with Crippen molar-refractivity contribution in [2.75, 3.05) is 34.3 Å². The average molecular weight is 469 g/mol. The smallest absolute Gasteiger partial charge is 0.295 e. The molecule has 2 N–H and O–H groups in total. The Kier molecular flexibility index (Phi) is 7.83. The van der Waals surface area contributed by atoms with Gasteiger partial charge in [0.1, 0.15) is 23.0 Å². The molecule has 1 atom stereocenters. The van der Waals surface area contributed by atoms with Gasteiger partial charge >= 0.3 is 0 Å². The maximum atomic E-state index is 13.2. The first-order valence-corrected chi connectivity index (χ1v) is 11.2. The summed E-state index contributed by atoms with van der Waals surface area (Å²) in [5.41, 5.74) is 0.612. The van der Waals surface area contributed by atoms with Gasteiger partial charge in [0, 0.05) is 12.6 Å². The molecule has 0 aliphatic carbocycles. The molecule has 1 saturated heterocycles. The van der Waals surface area contributed by atoms with Crippen molar-refractivity contribution < 1.29 is 29.3 Å². The molecule has 0 aromatic heterocycles.